The molecule has 0 saturated carbocycles. The van der Waals surface area contributed by atoms with Gasteiger partial charge >= 0.3 is 0 Å². The fraction of sp³-hybridized carbons (Fsp3) is 0.588. The number of likely N-dealkylation sites (tertiary alicyclic amines) is 1. The molecule has 2 unspecified atom stereocenters. The quantitative estimate of drug-likeness (QED) is 0.918. The molecule has 1 aliphatic rings. The first-order valence-corrected chi connectivity index (χ1v) is 7.74. The smallest absolute Gasteiger partial charge is 0.230 e. The molecule has 110 valence electrons. The van der Waals surface area contributed by atoms with Crippen LogP contribution in [0, 0.1) is 0 Å². The highest BCUT2D eigenvalue weighted by Crippen LogP contribution is 2.26. The summed E-state index contributed by atoms with van der Waals surface area (Å²) in [6, 6.07) is 10.00. The minimum absolute atomic E-state index is 0.00256. The number of carbonyl (C=O) groups excluding carboxylic acids is 1. The summed E-state index contributed by atoms with van der Waals surface area (Å²) in [6.07, 6.45) is 5.04. The fourth-order valence-electron chi connectivity index (χ4n) is 3.10. The number of aliphatic hydroxyl groups excluding tert-OH is 1. The van der Waals surface area contributed by atoms with Crippen molar-refractivity contribution in [3.63, 3.8) is 0 Å². The lowest BCUT2D eigenvalue weighted by atomic mass is 9.94. The zero-order valence-corrected chi connectivity index (χ0v) is 12.3. The Morgan fingerprint density at radius 1 is 1.30 bits per heavy atom. The van der Waals surface area contributed by atoms with Crippen LogP contribution >= 0.6 is 0 Å². The first-order chi connectivity index (χ1) is 9.77. The molecule has 0 radical (unpaired) electrons. The van der Waals surface area contributed by atoms with Gasteiger partial charge in [-0.05, 0) is 24.8 Å². The molecule has 1 aromatic carbocycles. The number of hydrogen-bond acceptors (Lipinski definition) is 2. The molecule has 0 spiro atoms. The number of amides is 1. The van der Waals surface area contributed by atoms with Gasteiger partial charge in [0.2, 0.25) is 5.91 Å². The highest BCUT2D eigenvalue weighted by molar-refractivity contribution is 5.84. The highest BCUT2D eigenvalue weighted by atomic mass is 16.3. The summed E-state index contributed by atoms with van der Waals surface area (Å²) in [6.45, 7) is 2.92. The van der Waals surface area contributed by atoms with Crippen molar-refractivity contribution in [3.8, 4) is 0 Å². The van der Waals surface area contributed by atoms with E-state index in [0.29, 0.717) is 0 Å². The molecule has 2 atom stereocenters. The molecule has 1 N–H and O–H groups in total. The SMILES string of the molecule is CCC(C(=O)N1CCCCCC1CO)c1ccccc1. The van der Waals surface area contributed by atoms with E-state index in [0.717, 1.165) is 44.2 Å². The maximum Gasteiger partial charge on any atom is 0.230 e. The van der Waals surface area contributed by atoms with E-state index in [4.69, 9.17) is 0 Å². The third kappa shape index (κ3) is 3.40. The minimum Gasteiger partial charge on any atom is -0.394 e. The summed E-state index contributed by atoms with van der Waals surface area (Å²) in [5.74, 6) is 0.1000. The zero-order chi connectivity index (χ0) is 14.4. The van der Waals surface area contributed by atoms with Crippen molar-refractivity contribution in [2.75, 3.05) is 13.2 Å². The molecule has 1 heterocycles. The summed E-state index contributed by atoms with van der Waals surface area (Å²) in [4.78, 5) is 14.8. The molecule has 1 aromatic rings. The van der Waals surface area contributed by atoms with Gasteiger partial charge in [-0.15, -0.1) is 0 Å². The molecule has 0 aliphatic carbocycles. The number of rotatable bonds is 4. The summed E-state index contributed by atoms with van der Waals surface area (Å²) in [5, 5.41) is 9.57. The molecular formula is C17H25NO2. The lowest BCUT2D eigenvalue weighted by molar-refractivity contribution is -0.136. The van der Waals surface area contributed by atoms with Crippen LogP contribution in [0.1, 0.15) is 50.5 Å². The third-order valence-electron chi connectivity index (χ3n) is 4.28. The van der Waals surface area contributed by atoms with Crippen LogP contribution in [0.15, 0.2) is 30.3 Å². The number of aliphatic hydroxyl groups is 1. The number of carbonyl (C=O) groups is 1. The predicted octanol–water partition coefficient (Wildman–Crippen LogP) is 2.94. The normalized spacial score (nSPS) is 21.3. The molecular weight excluding hydrogens is 250 g/mol. The first-order valence-electron chi connectivity index (χ1n) is 7.74. The van der Waals surface area contributed by atoms with E-state index in [1.54, 1.807) is 0 Å². The molecule has 0 aromatic heterocycles. The summed E-state index contributed by atoms with van der Waals surface area (Å²) >= 11 is 0. The Balaban J connectivity index is 2.18. The van der Waals surface area contributed by atoms with Gasteiger partial charge in [0.15, 0.2) is 0 Å². The Labute approximate surface area is 121 Å². The Kier molecular flexibility index (Phi) is 5.60. The van der Waals surface area contributed by atoms with Crippen LogP contribution in [0.25, 0.3) is 0 Å². The van der Waals surface area contributed by atoms with Crippen LogP contribution in [0.3, 0.4) is 0 Å². The van der Waals surface area contributed by atoms with Gasteiger partial charge in [-0.3, -0.25) is 4.79 Å². The van der Waals surface area contributed by atoms with Crippen LogP contribution in [0.2, 0.25) is 0 Å². The van der Waals surface area contributed by atoms with E-state index in [1.165, 1.54) is 0 Å². The second-order valence-corrected chi connectivity index (χ2v) is 5.59. The zero-order valence-electron chi connectivity index (χ0n) is 12.3. The van der Waals surface area contributed by atoms with Crippen LogP contribution in [-0.2, 0) is 4.79 Å². The molecule has 2 rings (SSSR count). The molecule has 3 heteroatoms. The first kappa shape index (κ1) is 15.0. The molecule has 1 amide bonds. The summed E-state index contributed by atoms with van der Waals surface area (Å²) < 4.78 is 0. The minimum atomic E-state index is -0.0802. The van der Waals surface area contributed by atoms with E-state index < -0.39 is 0 Å². The van der Waals surface area contributed by atoms with E-state index in [1.807, 2.05) is 35.2 Å². The van der Waals surface area contributed by atoms with Crippen molar-refractivity contribution in [1.82, 2.24) is 4.90 Å². The highest BCUT2D eigenvalue weighted by Gasteiger charge is 2.30. The molecule has 1 aliphatic heterocycles. The van der Waals surface area contributed by atoms with Gasteiger partial charge in [0.25, 0.3) is 0 Å². The van der Waals surface area contributed by atoms with Gasteiger partial charge < -0.3 is 10.0 Å². The second-order valence-electron chi connectivity index (χ2n) is 5.59. The van der Waals surface area contributed by atoms with Crippen molar-refractivity contribution < 1.29 is 9.90 Å². The van der Waals surface area contributed by atoms with Crippen LogP contribution in [0.4, 0.5) is 0 Å². The number of nitrogens with zero attached hydrogens (tertiary/aromatic N) is 1. The largest absolute Gasteiger partial charge is 0.394 e. The van der Waals surface area contributed by atoms with Crippen LogP contribution < -0.4 is 0 Å². The van der Waals surface area contributed by atoms with E-state index in [2.05, 4.69) is 6.92 Å². The number of hydrogen-bond donors (Lipinski definition) is 1. The summed E-state index contributed by atoms with van der Waals surface area (Å²) in [7, 11) is 0. The van der Waals surface area contributed by atoms with Crippen molar-refractivity contribution >= 4 is 5.91 Å². The van der Waals surface area contributed by atoms with Crippen molar-refractivity contribution in [3.05, 3.63) is 35.9 Å². The van der Waals surface area contributed by atoms with Crippen molar-refractivity contribution in [1.29, 1.82) is 0 Å². The van der Waals surface area contributed by atoms with E-state index in [9.17, 15) is 9.90 Å². The fourth-order valence-corrected chi connectivity index (χ4v) is 3.10. The van der Waals surface area contributed by atoms with Crippen LogP contribution in [0.5, 0.6) is 0 Å². The Morgan fingerprint density at radius 2 is 2.05 bits per heavy atom. The second kappa shape index (κ2) is 7.44. The predicted molar refractivity (Wildman–Crippen MR) is 80.5 cm³/mol. The Hall–Kier alpha value is -1.35. The van der Waals surface area contributed by atoms with Gasteiger partial charge in [0, 0.05) is 6.54 Å². The van der Waals surface area contributed by atoms with Gasteiger partial charge in [-0.2, -0.15) is 0 Å². The van der Waals surface area contributed by atoms with Gasteiger partial charge in [-0.25, -0.2) is 0 Å². The Bertz CT molecular complexity index is 418. The topological polar surface area (TPSA) is 40.5 Å². The van der Waals surface area contributed by atoms with E-state index in [-0.39, 0.29) is 24.5 Å². The lowest BCUT2D eigenvalue weighted by Crippen LogP contribution is -2.44. The van der Waals surface area contributed by atoms with Crippen molar-refractivity contribution in [2.45, 2.75) is 51.0 Å². The lowest BCUT2D eigenvalue weighted by Gasteiger charge is -2.32. The average Bonchev–Trinajstić information content (AvgIpc) is 2.74. The number of benzene rings is 1. The van der Waals surface area contributed by atoms with Crippen molar-refractivity contribution in [2.24, 2.45) is 0 Å². The maximum atomic E-state index is 12.9. The monoisotopic (exact) mass is 275 g/mol. The van der Waals surface area contributed by atoms with Crippen LogP contribution in [-0.4, -0.2) is 35.1 Å². The summed E-state index contributed by atoms with van der Waals surface area (Å²) in [5.41, 5.74) is 1.08. The van der Waals surface area contributed by atoms with Gasteiger partial charge in [0.05, 0.1) is 18.6 Å². The molecule has 1 saturated heterocycles. The molecule has 3 nitrogen and oxygen atoms in total. The Morgan fingerprint density at radius 3 is 2.70 bits per heavy atom. The van der Waals surface area contributed by atoms with Gasteiger partial charge in [0.1, 0.15) is 0 Å². The molecule has 1 fully saturated rings. The standard InChI is InChI=1S/C17H25NO2/c1-2-16(14-9-5-3-6-10-14)17(20)18-12-8-4-7-11-15(18)13-19/h3,5-6,9-10,15-16,19H,2,4,7-8,11-13H2,1H3. The molecule has 20 heavy (non-hydrogen) atoms. The molecule has 0 bridgehead atoms. The van der Waals surface area contributed by atoms with Gasteiger partial charge in [-0.1, -0.05) is 50.1 Å². The van der Waals surface area contributed by atoms with E-state index >= 15 is 0 Å². The average molecular weight is 275 g/mol. The maximum absolute atomic E-state index is 12.9. The third-order valence-corrected chi connectivity index (χ3v) is 4.28.